The van der Waals surface area contributed by atoms with Crippen LogP contribution < -0.4 is 10.9 Å². The van der Waals surface area contributed by atoms with E-state index in [1.165, 1.54) is 22.2 Å². The normalized spacial score (nSPS) is 10.9. The topological polar surface area (TPSA) is 51.1 Å². The molecule has 0 spiro atoms. The van der Waals surface area contributed by atoms with Gasteiger partial charge in [-0.2, -0.15) is 0 Å². The fraction of sp³-hybridized carbons (Fsp3) is 0.176. The predicted octanol–water partition coefficient (Wildman–Crippen LogP) is 3.46. The minimum atomic E-state index is -0.397. The molecule has 0 bridgehead atoms. The molecule has 0 aliphatic rings. The van der Waals surface area contributed by atoms with E-state index >= 15 is 0 Å². The third kappa shape index (κ3) is 3.03. The minimum Gasteiger partial charge on any atom is -0.324 e. The molecule has 0 saturated carbocycles. The lowest BCUT2D eigenvalue weighted by atomic mass is 10.1. The van der Waals surface area contributed by atoms with E-state index in [4.69, 9.17) is 0 Å². The molecule has 1 amide bonds. The summed E-state index contributed by atoms with van der Waals surface area (Å²) >= 11 is 1.09. The Morgan fingerprint density at radius 1 is 1.26 bits per heavy atom. The van der Waals surface area contributed by atoms with Gasteiger partial charge in [-0.3, -0.25) is 13.5 Å². The van der Waals surface area contributed by atoms with Crippen molar-refractivity contribution in [2.45, 2.75) is 20.4 Å². The number of amides is 1. The highest BCUT2D eigenvalue weighted by Crippen LogP contribution is 2.19. The largest absolute Gasteiger partial charge is 0.324 e. The van der Waals surface area contributed by atoms with Crippen molar-refractivity contribution in [1.82, 2.24) is 3.96 Å². The van der Waals surface area contributed by atoms with Crippen molar-refractivity contribution >= 4 is 33.2 Å². The number of aromatic nitrogens is 1. The number of halogens is 1. The van der Waals surface area contributed by atoms with Gasteiger partial charge in [-0.05, 0) is 49.2 Å². The van der Waals surface area contributed by atoms with Crippen molar-refractivity contribution < 1.29 is 9.18 Å². The maximum absolute atomic E-state index is 13.2. The van der Waals surface area contributed by atoms with Crippen LogP contribution in [-0.2, 0) is 11.3 Å². The first-order chi connectivity index (χ1) is 11.0. The number of carbonyl (C=O) groups excluding carboxylic acids is 1. The molecule has 118 valence electrons. The molecule has 4 nitrogen and oxygen atoms in total. The van der Waals surface area contributed by atoms with Gasteiger partial charge in [0.25, 0.3) is 5.56 Å². The van der Waals surface area contributed by atoms with Crippen molar-refractivity contribution in [2.75, 3.05) is 5.32 Å². The SMILES string of the molecule is Cc1cccc(NC(=O)Cn2sc3cc(F)ccc3c2=O)c1C. The first kappa shape index (κ1) is 15.4. The Morgan fingerprint density at radius 3 is 2.83 bits per heavy atom. The van der Waals surface area contributed by atoms with Gasteiger partial charge >= 0.3 is 0 Å². The fourth-order valence-corrected chi connectivity index (χ4v) is 3.37. The molecule has 0 fully saturated rings. The molecule has 6 heteroatoms. The van der Waals surface area contributed by atoms with E-state index in [1.54, 1.807) is 0 Å². The molecule has 1 aromatic heterocycles. The lowest BCUT2D eigenvalue weighted by Gasteiger charge is -2.10. The van der Waals surface area contributed by atoms with Crippen molar-refractivity contribution in [3.05, 3.63) is 63.7 Å². The number of carbonyl (C=O) groups is 1. The molecule has 1 N–H and O–H groups in total. The van der Waals surface area contributed by atoms with Gasteiger partial charge < -0.3 is 5.32 Å². The van der Waals surface area contributed by atoms with E-state index in [2.05, 4.69) is 5.32 Å². The highest BCUT2D eigenvalue weighted by atomic mass is 32.1. The summed E-state index contributed by atoms with van der Waals surface area (Å²) in [4.78, 5) is 24.4. The van der Waals surface area contributed by atoms with Crippen LogP contribution in [0, 0.1) is 19.7 Å². The maximum atomic E-state index is 13.2. The number of hydrogen-bond acceptors (Lipinski definition) is 3. The Morgan fingerprint density at radius 2 is 2.04 bits per heavy atom. The molecular formula is C17H15FN2O2S. The van der Waals surface area contributed by atoms with Crippen molar-refractivity contribution in [3.63, 3.8) is 0 Å². The van der Waals surface area contributed by atoms with E-state index in [0.717, 1.165) is 28.3 Å². The molecular weight excluding hydrogens is 315 g/mol. The van der Waals surface area contributed by atoms with Crippen LogP contribution in [0.25, 0.3) is 10.1 Å². The molecule has 0 saturated heterocycles. The number of anilines is 1. The Hall–Kier alpha value is -2.47. The average molecular weight is 330 g/mol. The van der Waals surface area contributed by atoms with Gasteiger partial charge in [0.15, 0.2) is 0 Å². The standard InChI is InChI=1S/C17H15FN2O2S/c1-10-4-3-5-14(11(10)2)19-16(21)9-20-17(22)13-7-6-12(18)8-15(13)23-20/h3-8H,9H2,1-2H3,(H,19,21). The lowest BCUT2D eigenvalue weighted by Crippen LogP contribution is -2.24. The van der Waals surface area contributed by atoms with E-state index < -0.39 is 5.82 Å². The number of rotatable bonds is 3. The molecule has 2 aromatic carbocycles. The first-order valence-corrected chi connectivity index (χ1v) is 7.88. The van der Waals surface area contributed by atoms with Crippen molar-refractivity contribution in [1.29, 1.82) is 0 Å². The van der Waals surface area contributed by atoms with Crippen molar-refractivity contribution in [3.8, 4) is 0 Å². The zero-order chi connectivity index (χ0) is 16.6. The van der Waals surface area contributed by atoms with E-state index in [1.807, 2.05) is 32.0 Å². The quantitative estimate of drug-likeness (QED) is 0.799. The van der Waals surface area contributed by atoms with Crippen LogP contribution in [0.3, 0.4) is 0 Å². The van der Waals surface area contributed by atoms with Crippen LogP contribution >= 0.6 is 11.5 Å². The predicted molar refractivity (Wildman–Crippen MR) is 90.6 cm³/mol. The van der Waals surface area contributed by atoms with Crippen LogP contribution in [0.15, 0.2) is 41.2 Å². The molecule has 0 atom stereocenters. The Balaban J connectivity index is 1.84. The summed E-state index contributed by atoms with van der Waals surface area (Å²) in [5, 5.41) is 3.24. The number of benzene rings is 2. The van der Waals surface area contributed by atoms with E-state index in [0.29, 0.717) is 10.1 Å². The summed E-state index contributed by atoms with van der Waals surface area (Å²) < 4.78 is 15.1. The van der Waals surface area contributed by atoms with Crippen molar-refractivity contribution in [2.24, 2.45) is 0 Å². The fourth-order valence-electron chi connectivity index (χ4n) is 2.35. The summed E-state index contributed by atoms with van der Waals surface area (Å²) in [5.74, 6) is -0.682. The second-order valence-corrected chi connectivity index (χ2v) is 6.43. The van der Waals surface area contributed by atoms with Gasteiger partial charge in [0.2, 0.25) is 5.91 Å². The minimum absolute atomic E-state index is 0.0901. The Kier molecular flexibility index (Phi) is 4.00. The molecule has 3 rings (SSSR count). The van der Waals surface area contributed by atoms with Crippen LogP contribution in [0.5, 0.6) is 0 Å². The van der Waals surface area contributed by atoms with Gasteiger partial charge in [-0.1, -0.05) is 23.7 Å². The van der Waals surface area contributed by atoms with Gasteiger partial charge in [-0.25, -0.2) is 4.39 Å². The summed E-state index contributed by atoms with van der Waals surface area (Å²) in [6, 6.07) is 9.66. The van der Waals surface area contributed by atoms with Crippen LogP contribution in [0.2, 0.25) is 0 Å². The first-order valence-electron chi connectivity index (χ1n) is 7.11. The molecule has 3 aromatic rings. The van der Waals surface area contributed by atoms with Crippen LogP contribution in [-0.4, -0.2) is 9.86 Å². The average Bonchev–Trinajstić information content (AvgIpc) is 2.79. The monoisotopic (exact) mass is 330 g/mol. The zero-order valence-electron chi connectivity index (χ0n) is 12.7. The second kappa shape index (κ2) is 5.96. The highest BCUT2D eigenvalue weighted by molar-refractivity contribution is 7.13. The number of aryl methyl sites for hydroxylation is 1. The molecule has 1 heterocycles. The lowest BCUT2D eigenvalue weighted by molar-refractivity contribution is -0.116. The van der Waals surface area contributed by atoms with Crippen LogP contribution in [0.1, 0.15) is 11.1 Å². The molecule has 23 heavy (non-hydrogen) atoms. The summed E-state index contributed by atoms with van der Waals surface area (Å²) in [6.07, 6.45) is 0. The highest BCUT2D eigenvalue weighted by Gasteiger charge is 2.12. The van der Waals surface area contributed by atoms with E-state index in [9.17, 15) is 14.0 Å². The Labute approximate surface area is 136 Å². The zero-order valence-corrected chi connectivity index (χ0v) is 13.5. The maximum Gasteiger partial charge on any atom is 0.269 e. The molecule has 0 aliphatic carbocycles. The number of nitrogens with zero attached hydrogens (tertiary/aromatic N) is 1. The smallest absolute Gasteiger partial charge is 0.269 e. The molecule has 0 aliphatic heterocycles. The summed E-state index contributed by atoms with van der Waals surface area (Å²) in [6.45, 7) is 3.81. The Bertz CT molecular complexity index is 959. The molecule has 0 unspecified atom stereocenters. The molecule has 0 radical (unpaired) electrons. The number of nitrogens with one attached hydrogen (secondary N) is 1. The summed E-state index contributed by atoms with van der Waals surface area (Å²) in [5.41, 5.74) is 2.53. The third-order valence-corrected chi connectivity index (χ3v) is 4.82. The van der Waals surface area contributed by atoms with Gasteiger partial charge in [-0.15, -0.1) is 0 Å². The number of fused-ring (bicyclic) bond motifs is 1. The van der Waals surface area contributed by atoms with Gasteiger partial charge in [0, 0.05) is 5.69 Å². The van der Waals surface area contributed by atoms with E-state index in [-0.39, 0.29) is 18.0 Å². The van der Waals surface area contributed by atoms with Crippen LogP contribution in [0.4, 0.5) is 10.1 Å². The summed E-state index contributed by atoms with van der Waals surface area (Å²) in [7, 11) is 0. The van der Waals surface area contributed by atoms with Gasteiger partial charge in [0.1, 0.15) is 12.4 Å². The number of hydrogen-bond donors (Lipinski definition) is 1. The third-order valence-electron chi connectivity index (χ3n) is 3.78. The second-order valence-electron chi connectivity index (χ2n) is 5.37. The van der Waals surface area contributed by atoms with Gasteiger partial charge in [0.05, 0.1) is 10.1 Å².